The molecule has 2 amide bonds. The van der Waals surface area contributed by atoms with E-state index in [2.05, 4.69) is 0 Å². The molecule has 0 unspecified atom stereocenters. The van der Waals surface area contributed by atoms with Crippen LogP contribution in [0.2, 0.25) is 5.02 Å². The molecule has 2 heterocycles. The van der Waals surface area contributed by atoms with E-state index in [0.717, 1.165) is 12.1 Å². The van der Waals surface area contributed by atoms with Crippen LogP contribution in [0.25, 0.3) is 5.57 Å². The van der Waals surface area contributed by atoms with E-state index in [0.29, 0.717) is 59.9 Å². The van der Waals surface area contributed by atoms with Crippen molar-refractivity contribution in [2.24, 2.45) is 11.1 Å². The largest absolute Gasteiger partial charge is 0.496 e. The Balaban J connectivity index is 1.48. The third-order valence-corrected chi connectivity index (χ3v) is 7.01. The molecule has 7 nitrogen and oxygen atoms in total. The highest BCUT2D eigenvalue weighted by Gasteiger charge is 2.49. The van der Waals surface area contributed by atoms with E-state index in [1.807, 2.05) is 23.1 Å². The quantitative estimate of drug-likeness (QED) is 0.651. The lowest BCUT2D eigenvalue weighted by molar-refractivity contribution is -0.127. The molecule has 8 heteroatoms. The molecule has 1 spiro atoms. The van der Waals surface area contributed by atoms with Crippen LogP contribution in [-0.2, 0) is 4.79 Å². The number of rotatable bonds is 5. The molecular weight excluding hydrogens is 440 g/mol. The third kappa shape index (κ3) is 4.20. The fraction of sp³-hybridized carbons (Fsp3) is 0.320. The van der Waals surface area contributed by atoms with E-state index >= 15 is 0 Å². The van der Waals surface area contributed by atoms with Gasteiger partial charge in [0.25, 0.3) is 5.91 Å². The summed E-state index contributed by atoms with van der Waals surface area (Å²) in [6.07, 6.45) is 4.58. The number of halogens is 1. The van der Waals surface area contributed by atoms with Gasteiger partial charge in [-0.1, -0.05) is 11.6 Å². The van der Waals surface area contributed by atoms with E-state index in [1.54, 1.807) is 36.3 Å². The molecule has 0 saturated carbocycles. The molecule has 4 rings (SSSR count). The second kappa shape index (κ2) is 9.27. The number of anilines is 1. The van der Waals surface area contributed by atoms with Crippen molar-refractivity contribution in [1.29, 1.82) is 5.41 Å². The standard InChI is InChI=1S/C25H27ClN4O3/c1-33-22-14-20(6-7-21(22)18(15-27)16-28)30-13-10-25(24(30)32)8-11-29(12-9-25)23(31)17-2-4-19(26)5-3-17/h2-7,14-16,27H,8-13,28H2,1H3/b18-16+,27-15?. The predicted molar refractivity (Wildman–Crippen MR) is 130 cm³/mol. The summed E-state index contributed by atoms with van der Waals surface area (Å²) in [5.74, 6) is 0.626. The first-order chi connectivity index (χ1) is 15.9. The third-order valence-electron chi connectivity index (χ3n) is 6.75. The number of hydrogen-bond acceptors (Lipinski definition) is 5. The molecule has 2 fully saturated rings. The van der Waals surface area contributed by atoms with E-state index in [4.69, 9.17) is 27.5 Å². The highest BCUT2D eigenvalue weighted by atomic mass is 35.5. The molecule has 2 saturated heterocycles. The average Bonchev–Trinajstić information content (AvgIpc) is 3.16. The Morgan fingerprint density at radius 3 is 2.39 bits per heavy atom. The second-order valence-corrected chi connectivity index (χ2v) is 8.87. The maximum atomic E-state index is 13.5. The number of nitrogens with two attached hydrogens (primary N) is 1. The molecule has 0 bridgehead atoms. The van der Waals surface area contributed by atoms with Crippen molar-refractivity contribution in [1.82, 2.24) is 4.90 Å². The summed E-state index contributed by atoms with van der Waals surface area (Å²) in [6.45, 7) is 1.72. The Labute approximate surface area is 198 Å². The smallest absolute Gasteiger partial charge is 0.253 e. The zero-order valence-corrected chi connectivity index (χ0v) is 19.3. The van der Waals surface area contributed by atoms with Crippen LogP contribution in [0.15, 0.2) is 48.7 Å². The molecular formula is C25H27ClN4O3. The first kappa shape index (κ1) is 22.9. The Morgan fingerprint density at radius 1 is 1.12 bits per heavy atom. The minimum Gasteiger partial charge on any atom is -0.496 e. The van der Waals surface area contributed by atoms with Crippen molar-refractivity contribution in [2.45, 2.75) is 19.3 Å². The first-order valence-corrected chi connectivity index (χ1v) is 11.3. The zero-order valence-electron chi connectivity index (χ0n) is 18.5. The monoisotopic (exact) mass is 466 g/mol. The topological polar surface area (TPSA) is 99.7 Å². The number of benzene rings is 2. The summed E-state index contributed by atoms with van der Waals surface area (Å²) in [4.78, 5) is 30.0. The van der Waals surface area contributed by atoms with Crippen molar-refractivity contribution < 1.29 is 14.3 Å². The normalized spacial score (nSPS) is 18.0. The van der Waals surface area contributed by atoms with Gasteiger partial charge in [-0.05, 0) is 55.7 Å². The van der Waals surface area contributed by atoms with Gasteiger partial charge in [0, 0.05) is 65.5 Å². The van der Waals surface area contributed by atoms with Gasteiger partial charge < -0.3 is 25.7 Å². The van der Waals surface area contributed by atoms with Gasteiger partial charge in [-0.2, -0.15) is 0 Å². The minimum absolute atomic E-state index is 0.0286. The van der Waals surface area contributed by atoms with Crippen LogP contribution >= 0.6 is 11.6 Å². The molecule has 0 atom stereocenters. The van der Waals surface area contributed by atoms with Gasteiger partial charge >= 0.3 is 0 Å². The van der Waals surface area contributed by atoms with Crippen LogP contribution < -0.4 is 15.4 Å². The Hall–Kier alpha value is -3.32. The number of carbonyl (C=O) groups excluding carboxylic acids is 2. The first-order valence-electron chi connectivity index (χ1n) is 10.9. The SMILES string of the molecule is COc1cc(N2CCC3(CCN(C(=O)c4ccc(Cl)cc4)CC3)C2=O)ccc1/C(C=N)=C/N. The Kier molecular flexibility index (Phi) is 6.42. The molecule has 3 N–H and O–H groups in total. The van der Waals surface area contributed by atoms with E-state index in [-0.39, 0.29) is 11.8 Å². The number of methoxy groups -OCH3 is 1. The molecule has 0 radical (unpaired) electrons. The lowest BCUT2D eigenvalue weighted by Gasteiger charge is -2.38. The van der Waals surface area contributed by atoms with Gasteiger partial charge in [0.05, 0.1) is 12.5 Å². The van der Waals surface area contributed by atoms with Gasteiger partial charge in [-0.15, -0.1) is 0 Å². The van der Waals surface area contributed by atoms with Crippen molar-refractivity contribution in [3.8, 4) is 5.75 Å². The maximum Gasteiger partial charge on any atom is 0.253 e. The summed E-state index contributed by atoms with van der Waals surface area (Å²) in [5, 5.41) is 8.13. The summed E-state index contributed by atoms with van der Waals surface area (Å²) in [6, 6.07) is 12.4. The number of allylic oxidation sites excluding steroid dienone is 1. The minimum atomic E-state index is -0.444. The summed E-state index contributed by atoms with van der Waals surface area (Å²) < 4.78 is 5.50. The number of likely N-dealkylation sites (tertiary alicyclic amines) is 1. The van der Waals surface area contributed by atoms with Gasteiger partial charge in [-0.3, -0.25) is 9.59 Å². The lowest BCUT2D eigenvalue weighted by atomic mass is 9.77. The molecule has 2 aliphatic heterocycles. The number of nitrogens with zero attached hydrogens (tertiary/aromatic N) is 2. The van der Waals surface area contributed by atoms with Crippen LogP contribution in [0.3, 0.4) is 0 Å². The molecule has 2 aliphatic rings. The van der Waals surface area contributed by atoms with Crippen molar-refractivity contribution in [2.75, 3.05) is 31.6 Å². The zero-order chi connectivity index (χ0) is 23.6. The van der Waals surface area contributed by atoms with E-state index < -0.39 is 5.41 Å². The molecule has 2 aromatic carbocycles. The molecule has 0 aliphatic carbocycles. The van der Waals surface area contributed by atoms with Gasteiger partial charge in [0.15, 0.2) is 0 Å². The van der Waals surface area contributed by atoms with Crippen LogP contribution in [0.5, 0.6) is 5.75 Å². The molecule has 33 heavy (non-hydrogen) atoms. The van der Waals surface area contributed by atoms with E-state index in [9.17, 15) is 9.59 Å². The fourth-order valence-corrected chi connectivity index (χ4v) is 4.87. The van der Waals surface area contributed by atoms with Crippen LogP contribution in [-0.4, -0.2) is 49.7 Å². The number of nitrogens with one attached hydrogen (secondary N) is 1. The number of piperidine rings is 1. The van der Waals surface area contributed by atoms with Crippen LogP contribution in [0.4, 0.5) is 5.69 Å². The average molecular weight is 467 g/mol. The summed E-state index contributed by atoms with van der Waals surface area (Å²) >= 11 is 5.93. The molecule has 172 valence electrons. The van der Waals surface area contributed by atoms with Crippen molar-refractivity contribution >= 4 is 40.9 Å². The summed E-state index contributed by atoms with van der Waals surface area (Å²) in [7, 11) is 1.56. The second-order valence-electron chi connectivity index (χ2n) is 8.44. The molecule has 0 aromatic heterocycles. The van der Waals surface area contributed by atoms with Crippen LogP contribution in [0.1, 0.15) is 35.2 Å². The van der Waals surface area contributed by atoms with Gasteiger partial charge in [-0.25, -0.2) is 0 Å². The number of hydrogen-bond donors (Lipinski definition) is 2. The lowest BCUT2D eigenvalue weighted by Crippen LogP contribution is -2.46. The van der Waals surface area contributed by atoms with Crippen molar-refractivity contribution in [3.05, 3.63) is 64.8 Å². The fourth-order valence-electron chi connectivity index (χ4n) is 4.75. The number of carbonyl (C=O) groups is 2. The predicted octanol–water partition coefficient (Wildman–Crippen LogP) is 3.96. The summed E-state index contributed by atoms with van der Waals surface area (Å²) in [5.41, 5.74) is 7.80. The highest BCUT2D eigenvalue weighted by molar-refractivity contribution is 6.30. The van der Waals surface area contributed by atoms with E-state index in [1.165, 1.54) is 12.4 Å². The molecule has 2 aromatic rings. The highest BCUT2D eigenvalue weighted by Crippen LogP contribution is 2.44. The van der Waals surface area contributed by atoms with Gasteiger partial charge in [0.2, 0.25) is 5.91 Å². The maximum absolute atomic E-state index is 13.5. The van der Waals surface area contributed by atoms with Crippen molar-refractivity contribution in [3.63, 3.8) is 0 Å². The Morgan fingerprint density at radius 2 is 1.79 bits per heavy atom. The van der Waals surface area contributed by atoms with Crippen LogP contribution in [0, 0.1) is 10.8 Å². The number of ether oxygens (including phenoxy) is 1. The Bertz CT molecular complexity index is 1110. The number of amides is 2. The van der Waals surface area contributed by atoms with Gasteiger partial charge in [0.1, 0.15) is 5.75 Å².